The molecular formula is C21H16BrN3O4S. The summed E-state index contributed by atoms with van der Waals surface area (Å²) in [5, 5.41) is 16.1. The van der Waals surface area contributed by atoms with E-state index in [-0.39, 0.29) is 29.3 Å². The first-order chi connectivity index (χ1) is 14.4. The third-order valence-corrected chi connectivity index (χ3v) is 6.43. The number of amides is 2. The van der Waals surface area contributed by atoms with Crippen molar-refractivity contribution in [3.05, 3.63) is 90.1 Å². The van der Waals surface area contributed by atoms with Crippen molar-refractivity contribution in [1.82, 2.24) is 4.90 Å². The third kappa shape index (κ3) is 3.61. The standard InChI is InChI=1S/C21H16BrN3O4S/c1-12-14(4-2-5-17(12)25(28)29)21(27)24-11-19(26)23-16-8-7-13(22)10-15(16)20(24)18-6-3-9-30-18/h2-10,20H,11H2,1H3,(H,23,26). The molecule has 152 valence electrons. The molecule has 0 bridgehead atoms. The molecule has 1 aromatic heterocycles. The van der Waals surface area contributed by atoms with Gasteiger partial charge in [-0.2, -0.15) is 0 Å². The molecule has 30 heavy (non-hydrogen) atoms. The van der Waals surface area contributed by atoms with Crippen LogP contribution in [0.15, 0.2) is 58.4 Å². The zero-order chi connectivity index (χ0) is 21.4. The summed E-state index contributed by atoms with van der Waals surface area (Å²) in [4.78, 5) is 39.4. The lowest BCUT2D eigenvalue weighted by Crippen LogP contribution is -2.39. The van der Waals surface area contributed by atoms with Gasteiger partial charge in [0.25, 0.3) is 11.6 Å². The van der Waals surface area contributed by atoms with Crippen LogP contribution in [0.25, 0.3) is 0 Å². The summed E-state index contributed by atoms with van der Waals surface area (Å²) >= 11 is 4.95. The molecule has 1 atom stereocenters. The molecule has 0 fully saturated rings. The fraction of sp³-hybridized carbons (Fsp3) is 0.143. The number of nitro benzene ring substituents is 1. The molecule has 0 saturated carbocycles. The van der Waals surface area contributed by atoms with E-state index in [0.29, 0.717) is 5.69 Å². The molecule has 1 aliphatic heterocycles. The lowest BCUT2D eigenvalue weighted by atomic mass is 9.99. The van der Waals surface area contributed by atoms with Crippen LogP contribution in [0.5, 0.6) is 0 Å². The van der Waals surface area contributed by atoms with Gasteiger partial charge in [-0.3, -0.25) is 19.7 Å². The van der Waals surface area contributed by atoms with Crippen LogP contribution in [0.2, 0.25) is 0 Å². The minimum atomic E-state index is -0.511. The van der Waals surface area contributed by atoms with Gasteiger partial charge < -0.3 is 10.2 Å². The van der Waals surface area contributed by atoms with Crippen LogP contribution in [-0.4, -0.2) is 28.2 Å². The number of fused-ring (bicyclic) bond motifs is 1. The highest BCUT2D eigenvalue weighted by Crippen LogP contribution is 2.40. The summed E-state index contributed by atoms with van der Waals surface area (Å²) in [6.45, 7) is 1.38. The third-order valence-electron chi connectivity index (χ3n) is 5.01. The maximum Gasteiger partial charge on any atom is 0.273 e. The SMILES string of the molecule is Cc1c(C(=O)N2CC(=O)Nc3ccc(Br)cc3C2c2cccs2)cccc1[N+](=O)[O-]. The van der Waals surface area contributed by atoms with Crippen molar-refractivity contribution in [2.75, 3.05) is 11.9 Å². The van der Waals surface area contributed by atoms with Crippen molar-refractivity contribution in [1.29, 1.82) is 0 Å². The molecule has 0 aliphatic carbocycles. The summed E-state index contributed by atoms with van der Waals surface area (Å²) in [7, 11) is 0. The van der Waals surface area contributed by atoms with Gasteiger partial charge in [0, 0.05) is 37.8 Å². The highest BCUT2D eigenvalue weighted by molar-refractivity contribution is 9.10. The Balaban J connectivity index is 1.89. The summed E-state index contributed by atoms with van der Waals surface area (Å²) in [6.07, 6.45) is 0. The van der Waals surface area contributed by atoms with Crippen LogP contribution in [0.3, 0.4) is 0 Å². The highest BCUT2D eigenvalue weighted by Gasteiger charge is 2.35. The number of carbonyl (C=O) groups excluding carboxylic acids is 2. The van der Waals surface area contributed by atoms with E-state index in [1.807, 2.05) is 29.6 Å². The van der Waals surface area contributed by atoms with Crippen LogP contribution in [0, 0.1) is 17.0 Å². The number of hydrogen-bond donors (Lipinski definition) is 1. The van der Waals surface area contributed by atoms with Gasteiger partial charge in [-0.15, -0.1) is 11.3 Å². The number of halogens is 1. The number of nitrogens with one attached hydrogen (secondary N) is 1. The van der Waals surface area contributed by atoms with Gasteiger partial charge in [0.2, 0.25) is 5.91 Å². The van der Waals surface area contributed by atoms with Gasteiger partial charge in [-0.1, -0.05) is 28.1 Å². The smallest absolute Gasteiger partial charge is 0.273 e. The predicted octanol–water partition coefficient (Wildman–Crippen LogP) is 4.91. The molecule has 7 nitrogen and oxygen atoms in total. The molecule has 2 heterocycles. The number of nitro groups is 1. The highest BCUT2D eigenvalue weighted by atomic mass is 79.9. The van der Waals surface area contributed by atoms with Gasteiger partial charge in [-0.25, -0.2) is 0 Å². The lowest BCUT2D eigenvalue weighted by molar-refractivity contribution is -0.385. The van der Waals surface area contributed by atoms with Crippen LogP contribution >= 0.6 is 27.3 Å². The molecule has 0 radical (unpaired) electrons. The Labute approximate surface area is 184 Å². The van der Waals surface area contributed by atoms with Gasteiger partial charge in [0.15, 0.2) is 0 Å². The molecule has 2 aromatic carbocycles. The molecule has 9 heteroatoms. The molecule has 0 spiro atoms. The first-order valence-corrected chi connectivity index (χ1v) is 10.7. The van der Waals surface area contributed by atoms with Crippen LogP contribution in [0.1, 0.15) is 32.4 Å². The molecular weight excluding hydrogens is 470 g/mol. The maximum absolute atomic E-state index is 13.6. The monoisotopic (exact) mass is 485 g/mol. The Morgan fingerprint density at radius 2 is 2.07 bits per heavy atom. The Bertz CT molecular complexity index is 1160. The second-order valence-electron chi connectivity index (χ2n) is 6.84. The maximum atomic E-state index is 13.6. The van der Waals surface area contributed by atoms with Gasteiger partial charge in [0.1, 0.15) is 6.54 Å². The van der Waals surface area contributed by atoms with E-state index in [2.05, 4.69) is 21.2 Å². The van der Waals surface area contributed by atoms with Gasteiger partial charge in [-0.05, 0) is 42.6 Å². The van der Waals surface area contributed by atoms with E-state index in [1.165, 1.54) is 28.4 Å². The number of benzene rings is 2. The van der Waals surface area contributed by atoms with E-state index in [9.17, 15) is 19.7 Å². The van der Waals surface area contributed by atoms with Gasteiger partial charge >= 0.3 is 0 Å². The van der Waals surface area contributed by atoms with Crippen LogP contribution in [-0.2, 0) is 4.79 Å². The Hall–Kier alpha value is -3.04. The average Bonchev–Trinajstić information content (AvgIpc) is 3.18. The second-order valence-corrected chi connectivity index (χ2v) is 8.73. The first-order valence-electron chi connectivity index (χ1n) is 9.04. The number of nitrogens with zero attached hydrogens (tertiary/aromatic N) is 2. The van der Waals surface area contributed by atoms with Crippen LogP contribution in [0.4, 0.5) is 11.4 Å². The van der Waals surface area contributed by atoms with Crippen molar-refractivity contribution in [3.63, 3.8) is 0 Å². The topological polar surface area (TPSA) is 92.6 Å². The first kappa shape index (κ1) is 20.2. The number of thiophene rings is 1. The van der Waals surface area contributed by atoms with Crippen molar-refractivity contribution in [2.24, 2.45) is 0 Å². The number of carbonyl (C=O) groups is 2. The van der Waals surface area contributed by atoms with Crippen LogP contribution < -0.4 is 5.32 Å². The Morgan fingerprint density at radius 3 is 2.77 bits per heavy atom. The molecule has 1 unspecified atom stereocenters. The second kappa shape index (κ2) is 8.00. The largest absolute Gasteiger partial charge is 0.324 e. The zero-order valence-electron chi connectivity index (χ0n) is 15.8. The number of rotatable bonds is 3. The number of hydrogen-bond acceptors (Lipinski definition) is 5. The summed E-state index contributed by atoms with van der Waals surface area (Å²) in [5.41, 5.74) is 1.76. The van der Waals surface area contributed by atoms with Crippen molar-refractivity contribution in [2.45, 2.75) is 13.0 Å². The molecule has 1 aliphatic rings. The van der Waals surface area contributed by atoms with Crippen molar-refractivity contribution < 1.29 is 14.5 Å². The van der Waals surface area contributed by atoms with Crippen molar-refractivity contribution >= 4 is 50.5 Å². The quantitative estimate of drug-likeness (QED) is 0.421. The minimum Gasteiger partial charge on any atom is -0.324 e. The van der Waals surface area contributed by atoms with Gasteiger partial charge in [0.05, 0.1) is 11.0 Å². The number of anilines is 1. The predicted molar refractivity (Wildman–Crippen MR) is 118 cm³/mol. The lowest BCUT2D eigenvalue weighted by Gasteiger charge is -2.30. The summed E-state index contributed by atoms with van der Waals surface area (Å²) in [6, 6.07) is 13.2. The fourth-order valence-corrected chi connectivity index (χ4v) is 4.86. The molecule has 3 aromatic rings. The molecule has 0 saturated heterocycles. The van der Waals surface area contributed by atoms with E-state index in [0.717, 1.165) is 14.9 Å². The van der Waals surface area contributed by atoms with E-state index >= 15 is 0 Å². The minimum absolute atomic E-state index is 0.129. The fourth-order valence-electron chi connectivity index (χ4n) is 3.63. The Kier molecular flexibility index (Phi) is 5.40. The van der Waals surface area contributed by atoms with Crippen molar-refractivity contribution in [3.8, 4) is 0 Å². The average molecular weight is 486 g/mol. The zero-order valence-corrected chi connectivity index (χ0v) is 18.2. The molecule has 1 N–H and O–H groups in total. The summed E-state index contributed by atoms with van der Waals surface area (Å²) in [5.74, 6) is -0.758. The van der Waals surface area contributed by atoms with E-state index in [4.69, 9.17) is 0 Å². The molecule has 2 amide bonds. The normalized spacial score (nSPS) is 15.9. The summed E-state index contributed by atoms with van der Waals surface area (Å²) < 4.78 is 0.817. The Morgan fingerprint density at radius 1 is 1.27 bits per heavy atom. The molecule has 4 rings (SSSR count). The van der Waals surface area contributed by atoms with E-state index < -0.39 is 16.9 Å². The van der Waals surface area contributed by atoms with E-state index in [1.54, 1.807) is 19.1 Å².